The van der Waals surface area contributed by atoms with Gasteiger partial charge in [-0.3, -0.25) is 4.79 Å². The Morgan fingerprint density at radius 2 is 1.43 bits per heavy atom. The maximum Gasteiger partial charge on any atom is 0.250 e. The van der Waals surface area contributed by atoms with Crippen LogP contribution in [-0.4, -0.2) is 26.0 Å². The van der Waals surface area contributed by atoms with Gasteiger partial charge in [-0.1, -0.05) is 107 Å². The van der Waals surface area contributed by atoms with Gasteiger partial charge in [-0.15, -0.1) is 21.5 Å². The van der Waals surface area contributed by atoms with Gasteiger partial charge >= 0.3 is 0 Å². The van der Waals surface area contributed by atoms with Crippen LogP contribution in [0.5, 0.6) is 0 Å². The summed E-state index contributed by atoms with van der Waals surface area (Å²) >= 11 is 3.49. The van der Waals surface area contributed by atoms with Crippen LogP contribution >= 0.6 is 34.4 Å². The highest BCUT2D eigenvalue weighted by Crippen LogP contribution is 2.41. The molecule has 5 rings (SSSR count). The van der Waals surface area contributed by atoms with Crippen LogP contribution in [-0.2, 0) is 15.2 Å². The summed E-state index contributed by atoms with van der Waals surface area (Å²) in [5.41, 5.74) is 7.70. The number of anilines is 1. The minimum absolute atomic E-state index is 0.0398. The topological polar surface area (TPSA) is 103 Å². The number of benzene rings is 3. The van der Waals surface area contributed by atoms with Crippen molar-refractivity contribution >= 4 is 50.4 Å². The fourth-order valence-electron chi connectivity index (χ4n) is 3.82. The molecule has 0 radical (unpaired) electrons. The Hall–Kier alpha value is -3.86. The summed E-state index contributed by atoms with van der Waals surface area (Å²) in [6.45, 7) is 1.83. The van der Waals surface area contributed by atoms with Crippen LogP contribution in [0.2, 0.25) is 0 Å². The number of thiazole rings is 1. The third-order valence-corrected chi connectivity index (χ3v) is 7.90. The molecule has 0 saturated carbocycles. The first-order valence-corrected chi connectivity index (χ1v) is 13.7. The summed E-state index contributed by atoms with van der Waals surface area (Å²) in [7, 11) is 0. The van der Waals surface area contributed by atoms with Crippen LogP contribution in [0.4, 0.5) is 5.13 Å². The average molecular weight is 544 g/mol. The third kappa shape index (κ3) is 5.31. The minimum atomic E-state index is -1.14. The number of nitrogens with two attached hydrogens (primary N) is 1. The quantitative estimate of drug-likeness (QED) is 0.112. The van der Waals surface area contributed by atoms with Crippen molar-refractivity contribution in [3.63, 3.8) is 0 Å². The monoisotopic (exact) mass is 543 g/mol. The largest absolute Gasteiger partial charge is 0.375 e. The number of hydrogen-bond acceptors (Lipinski definition) is 10. The van der Waals surface area contributed by atoms with E-state index in [0.29, 0.717) is 15.2 Å². The maximum absolute atomic E-state index is 13.5. The van der Waals surface area contributed by atoms with Crippen LogP contribution in [0.15, 0.2) is 106 Å². The van der Waals surface area contributed by atoms with E-state index in [1.807, 2.05) is 97.9 Å². The molecule has 2 aromatic heterocycles. The first-order valence-electron chi connectivity index (χ1n) is 11.2. The summed E-state index contributed by atoms with van der Waals surface area (Å²) in [5.74, 6) is 0. The highest BCUT2D eigenvalue weighted by Gasteiger charge is 2.40. The van der Waals surface area contributed by atoms with Gasteiger partial charge < -0.3 is 10.6 Å². The zero-order chi connectivity index (χ0) is 25.7. The highest BCUT2D eigenvalue weighted by molar-refractivity contribution is 8.16. The molecule has 0 unspecified atom stereocenters. The molecule has 3 aromatic carbocycles. The molecule has 0 atom stereocenters. The molecule has 7 nitrogen and oxygen atoms in total. The molecule has 0 aliphatic carbocycles. The van der Waals surface area contributed by atoms with Gasteiger partial charge in [-0.25, -0.2) is 4.98 Å². The lowest BCUT2D eigenvalue weighted by molar-refractivity contribution is -0.105. The second-order valence-corrected chi connectivity index (χ2v) is 11.1. The first kappa shape index (κ1) is 24.8. The molecule has 2 N–H and O–H groups in total. The van der Waals surface area contributed by atoms with E-state index in [0.717, 1.165) is 33.5 Å². The number of carbonyl (C=O) groups excluding carboxylic acids is 1. The van der Waals surface area contributed by atoms with Gasteiger partial charge in [0, 0.05) is 22.1 Å². The van der Waals surface area contributed by atoms with E-state index >= 15 is 0 Å². The molecular weight excluding hydrogens is 523 g/mol. The smallest absolute Gasteiger partial charge is 0.250 e. The Balaban J connectivity index is 1.67. The lowest BCUT2D eigenvalue weighted by Gasteiger charge is -2.33. The molecule has 10 heteroatoms. The average Bonchev–Trinajstić information content (AvgIpc) is 3.55. The van der Waals surface area contributed by atoms with Crippen LogP contribution in [0.3, 0.4) is 0 Å². The Morgan fingerprint density at radius 1 is 0.892 bits per heavy atom. The number of oxime groups is 1. The van der Waals surface area contributed by atoms with Crippen LogP contribution < -0.4 is 5.73 Å². The minimum Gasteiger partial charge on any atom is -0.375 e. The van der Waals surface area contributed by atoms with Crippen LogP contribution in [0.1, 0.15) is 27.4 Å². The van der Waals surface area contributed by atoms with Gasteiger partial charge in [-0.05, 0) is 18.7 Å². The summed E-state index contributed by atoms with van der Waals surface area (Å²) in [4.78, 5) is 24.3. The first-order chi connectivity index (χ1) is 18.1. The van der Waals surface area contributed by atoms with E-state index in [1.165, 1.54) is 22.7 Å². The van der Waals surface area contributed by atoms with Gasteiger partial charge in [0.2, 0.25) is 10.7 Å². The Morgan fingerprint density at radius 3 is 1.86 bits per heavy atom. The number of aryl methyl sites for hydroxylation is 1. The molecule has 0 aliphatic heterocycles. The normalized spacial score (nSPS) is 11.9. The molecule has 184 valence electrons. The maximum atomic E-state index is 13.5. The Kier molecular flexibility index (Phi) is 7.40. The van der Waals surface area contributed by atoms with E-state index in [9.17, 15) is 4.79 Å². The van der Waals surface area contributed by atoms with Crippen LogP contribution in [0.25, 0.3) is 0 Å². The third-order valence-electron chi connectivity index (χ3n) is 5.46. The van der Waals surface area contributed by atoms with Crippen molar-refractivity contribution in [2.24, 2.45) is 5.16 Å². The van der Waals surface area contributed by atoms with Gasteiger partial charge in [0.15, 0.2) is 15.2 Å². The SMILES string of the molecule is Cc1nnc(SC(=O)/C(=N\OC(c2ccccc2)(c2ccccc2)c2ccccc2)c2csc(N)n2)s1. The molecular formula is C27H21N5O2S3. The number of rotatable bonds is 8. The second kappa shape index (κ2) is 11.0. The molecule has 0 spiro atoms. The Labute approximate surface area is 226 Å². The fourth-order valence-corrected chi connectivity index (χ4v) is 6.02. The molecule has 0 bridgehead atoms. The van der Waals surface area contributed by atoms with E-state index in [1.54, 1.807) is 5.38 Å². The van der Waals surface area contributed by atoms with Gasteiger partial charge in [0.05, 0.1) is 0 Å². The standard InChI is InChI=1S/C27H21N5O2S3/c1-18-30-31-26(36-18)37-24(33)23(22-17-35-25(28)29-22)32-34-27(19-11-5-2-6-12-19,20-13-7-3-8-14-20)21-15-9-4-10-16-21/h2-17H,1H3,(H2,28,29)/b32-23-. The van der Waals surface area contributed by atoms with Crippen molar-refractivity contribution in [2.45, 2.75) is 16.9 Å². The predicted molar refractivity (Wildman–Crippen MR) is 149 cm³/mol. The number of aromatic nitrogens is 3. The number of nitrogen functional groups attached to an aromatic ring is 1. The number of carbonyl (C=O) groups is 1. The second-order valence-electron chi connectivity index (χ2n) is 7.86. The zero-order valence-corrected chi connectivity index (χ0v) is 22.1. The van der Waals surface area contributed by atoms with Crippen molar-refractivity contribution in [1.29, 1.82) is 0 Å². The van der Waals surface area contributed by atoms with Crippen molar-refractivity contribution in [2.75, 3.05) is 5.73 Å². The van der Waals surface area contributed by atoms with Crippen molar-refractivity contribution in [1.82, 2.24) is 15.2 Å². The molecule has 0 amide bonds. The lowest BCUT2D eigenvalue weighted by atomic mass is 9.80. The molecule has 0 aliphatic rings. The van der Waals surface area contributed by atoms with Gasteiger partial charge in [0.1, 0.15) is 10.7 Å². The van der Waals surface area contributed by atoms with Crippen LogP contribution in [0, 0.1) is 6.92 Å². The zero-order valence-electron chi connectivity index (χ0n) is 19.6. The van der Waals surface area contributed by atoms with Crippen molar-refractivity contribution in [3.8, 4) is 0 Å². The van der Waals surface area contributed by atoms with Crippen molar-refractivity contribution in [3.05, 3.63) is 124 Å². The Bertz CT molecular complexity index is 1420. The summed E-state index contributed by atoms with van der Waals surface area (Å²) < 4.78 is 0.513. The molecule has 0 fully saturated rings. The van der Waals surface area contributed by atoms with E-state index in [-0.39, 0.29) is 10.8 Å². The number of thioether (sulfide) groups is 1. The molecule has 0 saturated heterocycles. The number of nitrogens with zero attached hydrogens (tertiary/aromatic N) is 4. The van der Waals surface area contributed by atoms with Crippen molar-refractivity contribution < 1.29 is 9.63 Å². The molecule has 37 heavy (non-hydrogen) atoms. The lowest BCUT2D eigenvalue weighted by Crippen LogP contribution is -2.32. The van der Waals surface area contributed by atoms with E-state index in [4.69, 9.17) is 10.6 Å². The van der Waals surface area contributed by atoms with E-state index in [2.05, 4.69) is 20.3 Å². The predicted octanol–water partition coefficient (Wildman–Crippen LogP) is 5.92. The molecule has 2 heterocycles. The van der Waals surface area contributed by atoms with Gasteiger partial charge in [-0.2, -0.15) is 0 Å². The fraction of sp³-hybridized carbons (Fsp3) is 0.0741. The summed E-state index contributed by atoms with van der Waals surface area (Å²) in [6.07, 6.45) is 0. The highest BCUT2D eigenvalue weighted by atomic mass is 32.2. The molecule has 5 aromatic rings. The summed E-state index contributed by atoms with van der Waals surface area (Å²) in [6, 6.07) is 29.4. The van der Waals surface area contributed by atoms with Gasteiger partial charge in [0.25, 0.3) is 0 Å². The van der Waals surface area contributed by atoms with E-state index < -0.39 is 5.60 Å². The number of hydrogen-bond donors (Lipinski definition) is 1. The summed E-state index contributed by atoms with van der Waals surface area (Å²) in [5, 5.41) is 15.0.